The Morgan fingerprint density at radius 3 is 1.95 bits per heavy atom. The van der Waals surface area contributed by atoms with E-state index in [-0.39, 0.29) is 27.9 Å². The number of ether oxygens (including phenoxy) is 3. The largest absolute Gasteiger partial charge is 0.478 e. The topological polar surface area (TPSA) is 125 Å². The van der Waals surface area contributed by atoms with Gasteiger partial charge < -0.3 is 19.3 Å². The molecule has 3 aromatic carbocycles. The number of aromatic nitrogens is 2. The summed E-state index contributed by atoms with van der Waals surface area (Å²) in [6.45, 7) is 0.558. The summed E-state index contributed by atoms with van der Waals surface area (Å²) in [7, 11) is 1.19. The second-order valence-corrected chi connectivity index (χ2v) is 9.26. The first-order valence-electron chi connectivity index (χ1n) is 12.7. The molecule has 0 aliphatic carbocycles. The van der Waals surface area contributed by atoms with Crippen LogP contribution in [0, 0.1) is 6.92 Å². The van der Waals surface area contributed by atoms with Gasteiger partial charge in [0.05, 0.1) is 12.7 Å². The van der Waals surface area contributed by atoms with Crippen LogP contribution >= 0.6 is 0 Å². The molecule has 12 heteroatoms. The zero-order valence-electron chi connectivity index (χ0n) is 22.9. The van der Waals surface area contributed by atoms with E-state index in [0.29, 0.717) is 6.07 Å². The van der Waals surface area contributed by atoms with Gasteiger partial charge in [0.25, 0.3) is 0 Å². The van der Waals surface area contributed by atoms with E-state index in [1.54, 1.807) is 36.4 Å². The van der Waals surface area contributed by atoms with Crippen LogP contribution in [0.15, 0.2) is 91.0 Å². The molecule has 0 saturated carbocycles. The Morgan fingerprint density at radius 1 is 0.837 bits per heavy atom. The zero-order valence-corrected chi connectivity index (χ0v) is 22.9. The lowest BCUT2D eigenvalue weighted by atomic mass is 9.81. The summed E-state index contributed by atoms with van der Waals surface area (Å²) in [6.07, 6.45) is -6.95. The monoisotopic (exact) mass is 594 g/mol. The van der Waals surface area contributed by atoms with E-state index in [4.69, 9.17) is 14.2 Å². The average molecular weight is 595 g/mol. The highest BCUT2D eigenvalue weighted by molar-refractivity contribution is 6.00. The van der Waals surface area contributed by atoms with E-state index in [0.717, 1.165) is 0 Å². The van der Waals surface area contributed by atoms with Crippen molar-refractivity contribution in [2.75, 3.05) is 13.7 Å². The Hall–Kier alpha value is -5.10. The van der Waals surface area contributed by atoms with E-state index < -0.39 is 53.9 Å². The fourth-order valence-electron chi connectivity index (χ4n) is 4.44. The number of Topliss-reactive ketones (excluding diaryl/α,β-unsaturated/α-hetero) is 1. The SMILES string of the molecule is COC(=O)c1cccc(C(=O)COC(c2ccccc2)(c2ccccc2)C(Oc2nc(C)cc(C(F)(F)F)n2)C(=O)O)c1. The van der Waals surface area contributed by atoms with Crippen LogP contribution in [0.25, 0.3) is 0 Å². The summed E-state index contributed by atoms with van der Waals surface area (Å²) >= 11 is 0. The van der Waals surface area contributed by atoms with Crippen LogP contribution in [0.4, 0.5) is 13.2 Å². The van der Waals surface area contributed by atoms with Crippen molar-refractivity contribution >= 4 is 17.7 Å². The molecular weight excluding hydrogens is 569 g/mol. The van der Waals surface area contributed by atoms with Crippen molar-refractivity contribution in [3.05, 3.63) is 125 Å². The van der Waals surface area contributed by atoms with Gasteiger partial charge in [-0.15, -0.1) is 0 Å². The number of esters is 1. The van der Waals surface area contributed by atoms with Crippen molar-refractivity contribution < 1.29 is 46.9 Å². The highest BCUT2D eigenvalue weighted by Gasteiger charge is 2.51. The highest BCUT2D eigenvalue weighted by Crippen LogP contribution is 2.40. The van der Waals surface area contributed by atoms with Gasteiger partial charge in [-0.2, -0.15) is 18.2 Å². The van der Waals surface area contributed by atoms with Gasteiger partial charge in [0.15, 0.2) is 17.1 Å². The van der Waals surface area contributed by atoms with Gasteiger partial charge in [0.2, 0.25) is 6.10 Å². The van der Waals surface area contributed by atoms with Crippen molar-refractivity contribution in [3.8, 4) is 6.01 Å². The van der Waals surface area contributed by atoms with Gasteiger partial charge in [-0.25, -0.2) is 14.6 Å². The van der Waals surface area contributed by atoms with E-state index in [9.17, 15) is 32.7 Å². The first-order chi connectivity index (χ1) is 20.5. The van der Waals surface area contributed by atoms with Crippen molar-refractivity contribution in [1.29, 1.82) is 0 Å². The minimum atomic E-state index is -4.86. The molecule has 43 heavy (non-hydrogen) atoms. The maximum Gasteiger partial charge on any atom is 0.433 e. The molecule has 0 fully saturated rings. The number of ketones is 1. The number of benzene rings is 3. The molecule has 4 aromatic rings. The molecule has 1 unspecified atom stereocenters. The molecule has 1 aromatic heterocycles. The molecule has 0 aliphatic rings. The summed E-state index contributed by atoms with van der Waals surface area (Å²) in [5, 5.41) is 10.5. The number of methoxy groups -OCH3 is 1. The van der Waals surface area contributed by atoms with Crippen LogP contribution in [0.1, 0.15) is 43.2 Å². The number of aliphatic carboxylic acids is 1. The van der Waals surface area contributed by atoms with Crippen molar-refractivity contribution in [3.63, 3.8) is 0 Å². The molecule has 222 valence electrons. The van der Waals surface area contributed by atoms with E-state index in [1.807, 2.05) is 0 Å². The lowest BCUT2D eigenvalue weighted by molar-refractivity contribution is -0.163. The quantitative estimate of drug-likeness (QED) is 0.183. The summed E-state index contributed by atoms with van der Waals surface area (Å²) in [6, 6.07) is 21.4. The van der Waals surface area contributed by atoms with E-state index in [2.05, 4.69) is 9.97 Å². The maximum absolute atomic E-state index is 13.5. The lowest BCUT2D eigenvalue weighted by Gasteiger charge is -2.38. The number of hydrogen-bond acceptors (Lipinski definition) is 8. The number of alkyl halides is 3. The minimum absolute atomic E-state index is 0.0718. The summed E-state index contributed by atoms with van der Waals surface area (Å²) in [4.78, 5) is 45.6. The molecule has 9 nitrogen and oxygen atoms in total. The second kappa shape index (κ2) is 12.8. The average Bonchev–Trinajstić information content (AvgIpc) is 3.00. The van der Waals surface area contributed by atoms with Crippen LogP contribution in [0.3, 0.4) is 0 Å². The van der Waals surface area contributed by atoms with E-state index in [1.165, 1.54) is 62.6 Å². The van der Waals surface area contributed by atoms with Gasteiger partial charge in [0, 0.05) is 11.3 Å². The molecule has 0 bridgehead atoms. The Labute approximate surface area is 243 Å². The number of carboxylic acid groups (broad SMARTS) is 1. The number of nitrogens with zero attached hydrogens (tertiary/aromatic N) is 2. The second-order valence-electron chi connectivity index (χ2n) is 9.26. The number of aryl methyl sites for hydroxylation is 1. The van der Waals surface area contributed by atoms with Crippen LogP contribution in [-0.2, 0) is 26.0 Å². The highest BCUT2D eigenvalue weighted by atomic mass is 19.4. The first kappa shape index (κ1) is 30.8. The van der Waals surface area contributed by atoms with Crippen molar-refractivity contribution in [1.82, 2.24) is 9.97 Å². The summed E-state index contributed by atoms with van der Waals surface area (Å²) < 4.78 is 57.2. The molecule has 0 amide bonds. The normalized spacial score (nSPS) is 12.3. The third-order valence-electron chi connectivity index (χ3n) is 6.38. The molecule has 0 aliphatic heterocycles. The Kier molecular flexibility index (Phi) is 9.20. The molecule has 0 radical (unpaired) electrons. The molecule has 1 heterocycles. The van der Waals surface area contributed by atoms with Crippen LogP contribution in [-0.4, -0.2) is 52.6 Å². The summed E-state index contributed by atoms with van der Waals surface area (Å²) in [5.41, 5.74) is -2.94. The van der Waals surface area contributed by atoms with Crippen LogP contribution in [0.5, 0.6) is 6.01 Å². The molecule has 0 spiro atoms. The number of hydrogen-bond donors (Lipinski definition) is 1. The Morgan fingerprint density at radius 2 is 1.42 bits per heavy atom. The Balaban J connectivity index is 1.85. The molecular formula is C31H25F3N2O7. The van der Waals surface area contributed by atoms with Gasteiger partial charge >= 0.3 is 24.1 Å². The lowest BCUT2D eigenvalue weighted by Crippen LogP contribution is -2.52. The number of halogens is 3. The molecule has 1 N–H and O–H groups in total. The fraction of sp³-hybridized carbons (Fsp3) is 0.194. The standard InChI is InChI=1S/C31H25F3N2O7/c1-19-16-25(31(32,33)34)36-29(35-19)43-26(27(38)39)30(22-12-5-3-6-13-22,23-14-7-4-8-15-23)42-18-24(37)20-10-9-11-21(17-20)28(40)41-2/h3-17,26H,18H2,1-2H3,(H,38,39). The minimum Gasteiger partial charge on any atom is -0.478 e. The van der Waals surface area contributed by atoms with Gasteiger partial charge in [-0.3, -0.25) is 4.79 Å². The molecule has 4 rings (SSSR count). The third kappa shape index (κ3) is 6.87. The number of carbonyl (C=O) groups is 3. The first-order valence-corrected chi connectivity index (χ1v) is 12.7. The molecule has 0 saturated heterocycles. The summed E-state index contributed by atoms with van der Waals surface area (Å²) in [5.74, 6) is -2.93. The maximum atomic E-state index is 13.5. The Bertz CT molecular complexity index is 1570. The van der Waals surface area contributed by atoms with Gasteiger partial charge in [0.1, 0.15) is 6.61 Å². The van der Waals surface area contributed by atoms with Crippen molar-refractivity contribution in [2.45, 2.75) is 24.8 Å². The number of rotatable bonds is 11. The smallest absolute Gasteiger partial charge is 0.433 e. The van der Waals surface area contributed by atoms with Gasteiger partial charge in [-0.05, 0) is 36.2 Å². The van der Waals surface area contributed by atoms with E-state index >= 15 is 0 Å². The number of carboxylic acids is 1. The van der Waals surface area contributed by atoms with Crippen LogP contribution in [0.2, 0.25) is 0 Å². The van der Waals surface area contributed by atoms with Crippen LogP contribution < -0.4 is 4.74 Å². The molecule has 1 atom stereocenters. The predicted octanol–water partition coefficient (Wildman–Crippen LogP) is 5.27. The van der Waals surface area contributed by atoms with Gasteiger partial charge in [-0.1, -0.05) is 72.8 Å². The number of carbonyl (C=O) groups excluding carboxylic acids is 2. The third-order valence-corrected chi connectivity index (χ3v) is 6.38. The predicted molar refractivity (Wildman–Crippen MR) is 146 cm³/mol. The van der Waals surface area contributed by atoms with Crippen molar-refractivity contribution in [2.24, 2.45) is 0 Å². The zero-order chi connectivity index (χ0) is 31.2. The fourth-order valence-corrected chi connectivity index (χ4v) is 4.44.